The van der Waals surface area contributed by atoms with E-state index in [-0.39, 0.29) is 32.7 Å². The molecule has 0 saturated heterocycles. The molecule has 0 bridgehead atoms. The summed E-state index contributed by atoms with van der Waals surface area (Å²) in [5.74, 6) is -1.40. The van der Waals surface area contributed by atoms with E-state index in [0.717, 1.165) is 27.1 Å². The number of methoxy groups -OCH3 is 1. The second-order valence-corrected chi connectivity index (χ2v) is 11.8. The van der Waals surface area contributed by atoms with Gasteiger partial charge in [-0.2, -0.15) is 0 Å². The Kier molecular flexibility index (Phi) is 9.96. The molecular weight excluding hydrogens is 508 g/mol. The quantitative estimate of drug-likeness (QED) is 0.114. The predicted octanol–water partition coefficient (Wildman–Crippen LogP) is 6.36. The summed E-state index contributed by atoms with van der Waals surface area (Å²) in [6.45, 7) is 8.85. The second kappa shape index (κ2) is 12.8. The maximum atomic E-state index is 13.8. The lowest BCUT2D eigenvalue weighted by atomic mass is 9.65. The van der Waals surface area contributed by atoms with E-state index in [4.69, 9.17) is 19.3 Å². The van der Waals surface area contributed by atoms with Crippen LogP contribution in [-0.2, 0) is 35.2 Å². The zero-order valence-electron chi connectivity index (χ0n) is 24.5. The Morgan fingerprint density at radius 1 is 0.775 bits per heavy atom. The van der Waals surface area contributed by atoms with Crippen LogP contribution >= 0.6 is 0 Å². The zero-order chi connectivity index (χ0) is 29.6. The summed E-state index contributed by atoms with van der Waals surface area (Å²) < 4.78 is 16.5. The zero-order valence-corrected chi connectivity index (χ0v) is 24.5. The third kappa shape index (κ3) is 6.81. The van der Waals surface area contributed by atoms with Crippen molar-refractivity contribution in [2.24, 2.45) is 16.2 Å². The number of hydrogen-bond donors (Lipinski definition) is 1. The number of esters is 3. The summed E-state index contributed by atoms with van der Waals surface area (Å²) in [6, 6.07) is 18.2. The molecule has 2 atom stereocenters. The van der Waals surface area contributed by atoms with Crippen molar-refractivity contribution in [1.82, 2.24) is 0 Å². The lowest BCUT2D eigenvalue weighted by Gasteiger charge is -2.39. The molecule has 7 nitrogen and oxygen atoms in total. The molecule has 0 aromatic heterocycles. The van der Waals surface area contributed by atoms with E-state index < -0.39 is 34.2 Å². The first-order valence-corrected chi connectivity index (χ1v) is 13.8. The van der Waals surface area contributed by atoms with Gasteiger partial charge in [0.15, 0.2) is 0 Å². The van der Waals surface area contributed by atoms with Crippen molar-refractivity contribution in [3.63, 3.8) is 0 Å². The van der Waals surface area contributed by atoms with Crippen LogP contribution in [0.2, 0.25) is 0 Å². The van der Waals surface area contributed by atoms with Gasteiger partial charge in [-0.15, -0.1) is 0 Å². The third-order valence-electron chi connectivity index (χ3n) is 7.88. The number of aliphatic hydroxyl groups is 1. The highest BCUT2D eigenvalue weighted by molar-refractivity contribution is 6.02. The SMILES string of the molecule is CCC(C)(CC(C)(CC(C)(C)C(=O)OC)C(=O)OCCCO)C(=O)OCc1c2ccccc2cc2ccccc12. The first kappa shape index (κ1) is 31.1. The van der Waals surface area contributed by atoms with Gasteiger partial charge in [0.1, 0.15) is 6.61 Å². The molecule has 3 aromatic carbocycles. The minimum atomic E-state index is -1.19. The van der Waals surface area contributed by atoms with Crippen LogP contribution in [0.3, 0.4) is 0 Å². The number of carbonyl (C=O) groups is 3. The van der Waals surface area contributed by atoms with Crippen molar-refractivity contribution in [3.8, 4) is 0 Å². The van der Waals surface area contributed by atoms with E-state index in [1.54, 1.807) is 27.7 Å². The summed E-state index contributed by atoms with van der Waals surface area (Å²) in [7, 11) is 1.31. The monoisotopic (exact) mass is 550 g/mol. The molecule has 1 N–H and O–H groups in total. The number of benzene rings is 3. The molecule has 0 fully saturated rings. The van der Waals surface area contributed by atoms with Crippen LogP contribution in [0.15, 0.2) is 54.6 Å². The van der Waals surface area contributed by atoms with Crippen LogP contribution in [-0.4, -0.2) is 43.3 Å². The van der Waals surface area contributed by atoms with Crippen molar-refractivity contribution in [3.05, 3.63) is 60.2 Å². The van der Waals surface area contributed by atoms with Gasteiger partial charge < -0.3 is 19.3 Å². The van der Waals surface area contributed by atoms with Crippen molar-refractivity contribution < 1.29 is 33.7 Å². The predicted molar refractivity (Wildman–Crippen MR) is 155 cm³/mol. The largest absolute Gasteiger partial charge is 0.469 e. The minimum Gasteiger partial charge on any atom is -0.469 e. The van der Waals surface area contributed by atoms with Crippen molar-refractivity contribution in [2.75, 3.05) is 20.3 Å². The van der Waals surface area contributed by atoms with Gasteiger partial charge in [0.2, 0.25) is 0 Å². The highest BCUT2D eigenvalue weighted by Gasteiger charge is 2.49. The molecule has 0 spiro atoms. The number of carbonyl (C=O) groups excluding carboxylic acids is 3. The Bertz CT molecular complexity index is 1310. The average Bonchev–Trinajstić information content (AvgIpc) is 2.94. The van der Waals surface area contributed by atoms with Gasteiger partial charge in [0.25, 0.3) is 0 Å². The van der Waals surface area contributed by atoms with E-state index in [1.807, 2.05) is 55.5 Å². The van der Waals surface area contributed by atoms with Crippen molar-refractivity contribution >= 4 is 39.5 Å². The van der Waals surface area contributed by atoms with Gasteiger partial charge in [0, 0.05) is 18.6 Å². The van der Waals surface area contributed by atoms with Crippen LogP contribution in [0.5, 0.6) is 0 Å². The number of ether oxygens (including phenoxy) is 3. The minimum absolute atomic E-state index is 0.0466. The summed E-state index contributed by atoms with van der Waals surface area (Å²) in [6.07, 6.45) is 0.944. The molecule has 7 heteroatoms. The van der Waals surface area contributed by atoms with E-state index in [1.165, 1.54) is 7.11 Å². The Balaban J connectivity index is 1.91. The highest BCUT2D eigenvalue weighted by atomic mass is 16.5. The summed E-state index contributed by atoms with van der Waals surface area (Å²) in [4.78, 5) is 39.7. The van der Waals surface area contributed by atoms with Crippen molar-refractivity contribution in [2.45, 2.75) is 66.9 Å². The lowest BCUT2D eigenvalue weighted by Crippen LogP contribution is -2.44. The first-order chi connectivity index (χ1) is 18.9. The molecule has 0 saturated carbocycles. The number of hydrogen-bond acceptors (Lipinski definition) is 7. The van der Waals surface area contributed by atoms with Crippen LogP contribution in [0.25, 0.3) is 21.5 Å². The van der Waals surface area contributed by atoms with Crippen LogP contribution < -0.4 is 0 Å². The Morgan fingerprint density at radius 3 is 1.85 bits per heavy atom. The Hall–Kier alpha value is -3.45. The van der Waals surface area contributed by atoms with Gasteiger partial charge in [-0.05, 0) is 74.6 Å². The van der Waals surface area contributed by atoms with E-state index in [0.29, 0.717) is 12.8 Å². The molecule has 0 aliphatic heterocycles. The van der Waals surface area contributed by atoms with Crippen LogP contribution in [0.4, 0.5) is 0 Å². The van der Waals surface area contributed by atoms with E-state index >= 15 is 0 Å². The Labute approximate surface area is 236 Å². The molecule has 3 aromatic rings. The van der Waals surface area contributed by atoms with Gasteiger partial charge in [-0.1, -0.05) is 55.5 Å². The number of aliphatic hydroxyl groups excluding tert-OH is 1. The second-order valence-electron chi connectivity index (χ2n) is 11.8. The fourth-order valence-corrected chi connectivity index (χ4v) is 5.71. The molecule has 216 valence electrons. The smallest absolute Gasteiger partial charge is 0.312 e. The highest BCUT2D eigenvalue weighted by Crippen LogP contribution is 2.46. The average molecular weight is 551 g/mol. The van der Waals surface area contributed by atoms with Gasteiger partial charge >= 0.3 is 17.9 Å². The fourth-order valence-electron chi connectivity index (χ4n) is 5.71. The molecule has 2 unspecified atom stereocenters. The molecular formula is C33H42O7. The van der Waals surface area contributed by atoms with Gasteiger partial charge in [-0.25, -0.2) is 0 Å². The fraction of sp³-hybridized carbons (Fsp3) is 0.485. The molecule has 0 aliphatic rings. The summed E-state index contributed by atoms with van der Waals surface area (Å²) in [5.41, 5.74) is -2.29. The summed E-state index contributed by atoms with van der Waals surface area (Å²) >= 11 is 0. The van der Waals surface area contributed by atoms with Crippen LogP contribution in [0, 0.1) is 16.2 Å². The molecule has 40 heavy (non-hydrogen) atoms. The molecule has 0 radical (unpaired) electrons. The normalized spacial score (nSPS) is 14.8. The number of fused-ring (bicyclic) bond motifs is 2. The molecule has 3 rings (SSSR count). The topological polar surface area (TPSA) is 99.1 Å². The molecule has 0 aliphatic carbocycles. The van der Waals surface area contributed by atoms with E-state index in [9.17, 15) is 14.4 Å². The maximum absolute atomic E-state index is 13.8. The van der Waals surface area contributed by atoms with Gasteiger partial charge in [-0.3, -0.25) is 14.4 Å². The lowest BCUT2D eigenvalue weighted by molar-refractivity contribution is -0.168. The maximum Gasteiger partial charge on any atom is 0.312 e. The standard InChI is InChI=1S/C33H42O7/c1-7-32(4,22-33(5,30(37)39-18-12-17-34)21-31(2,3)28(35)38-6)29(36)40-20-27-25-15-10-8-13-23(25)19-24-14-9-11-16-26(24)27/h8-11,13-16,19,34H,7,12,17-18,20-22H2,1-6H3. The van der Waals surface area contributed by atoms with E-state index in [2.05, 4.69) is 6.07 Å². The van der Waals surface area contributed by atoms with Gasteiger partial charge in [0.05, 0.1) is 30.0 Å². The molecule has 0 heterocycles. The first-order valence-electron chi connectivity index (χ1n) is 13.8. The van der Waals surface area contributed by atoms with Crippen molar-refractivity contribution in [1.29, 1.82) is 0 Å². The summed E-state index contributed by atoms with van der Waals surface area (Å²) in [5, 5.41) is 13.3. The van der Waals surface area contributed by atoms with Crippen LogP contribution in [0.1, 0.15) is 65.9 Å². The third-order valence-corrected chi connectivity index (χ3v) is 7.88. The Morgan fingerprint density at radius 2 is 1.32 bits per heavy atom. The number of rotatable bonds is 13. The molecule has 0 amide bonds.